The van der Waals surface area contributed by atoms with Crippen molar-refractivity contribution in [3.63, 3.8) is 0 Å². The van der Waals surface area contributed by atoms with Crippen LogP contribution in [0.3, 0.4) is 0 Å². The second-order valence-corrected chi connectivity index (χ2v) is 4.63. The summed E-state index contributed by atoms with van der Waals surface area (Å²) in [5, 5.41) is 3.11. The molecule has 0 saturated heterocycles. The fourth-order valence-corrected chi connectivity index (χ4v) is 1.69. The molecule has 1 N–H and O–H groups in total. The number of aryl methyl sites for hydroxylation is 1. The molecule has 1 fully saturated rings. The maximum atomic E-state index is 4.65. The van der Waals surface area contributed by atoms with Gasteiger partial charge in [0.2, 0.25) is 0 Å². The summed E-state index contributed by atoms with van der Waals surface area (Å²) in [7, 11) is 1.91. The molecule has 3 heteroatoms. The van der Waals surface area contributed by atoms with Crippen molar-refractivity contribution in [2.24, 2.45) is 0 Å². The van der Waals surface area contributed by atoms with E-state index in [1.165, 1.54) is 18.5 Å². The molecule has 0 amide bonds. The molecule has 1 saturated carbocycles. The number of hydrogen-bond acceptors (Lipinski definition) is 3. The van der Waals surface area contributed by atoms with E-state index < -0.39 is 0 Å². The maximum absolute atomic E-state index is 4.65. The van der Waals surface area contributed by atoms with E-state index in [2.05, 4.69) is 35.2 Å². The lowest BCUT2D eigenvalue weighted by Crippen LogP contribution is -2.10. The molecule has 3 nitrogen and oxygen atoms in total. The van der Waals surface area contributed by atoms with Gasteiger partial charge in [-0.2, -0.15) is 0 Å². The Labute approximate surface area is 91.3 Å². The Morgan fingerprint density at radius 2 is 2.13 bits per heavy atom. The molecule has 0 aromatic carbocycles. The second kappa shape index (κ2) is 3.80. The predicted molar refractivity (Wildman–Crippen MR) is 62.2 cm³/mol. The maximum Gasteiger partial charge on any atom is 0.136 e. The van der Waals surface area contributed by atoms with Gasteiger partial charge < -0.3 is 5.32 Å². The third-order valence-corrected chi connectivity index (χ3v) is 3.08. The number of hydrogen-bond donors (Lipinski definition) is 1. The zero-order valence-electron chi connectivity index (χ0n) is 9.80. The standard InChI is InChI=1S/C12H19N3/c1-4-5-9-8-10(13-3)15-11(14-9)12(2)6-7-12/h8H,4-7H2,1-3H3,(H,13,14,15). The minimum atomic E-state index is 0.259. The largest absolute Gasteiger partial charge is 0.373 e. The van der Waals surface area contributed by atoms with E-state index in [9.17, 15) is 0 Å². The van der Waals surface area contributed by atoms with Crippen LogP contribution in [0.25, 0.3) is 0 Å². The van der Waals surface area contributed by atoms with Crippen molar-refractivity contribution in [2.75, 3.05) is 12.4 Å². The SMILES string of the molecule is CCCc1cc(NC)nc(C2(C)CC2)n1. The highest BCUT2D eigenvalue weighted by Crippen LogP contribution is 2.46. The van der Waals surface area contributed by atoms with Crippen LogP contribution in [0.15, 0.2) is 6.07 Å². The Balaban J connectivity index is 2.33. The summed E-state index contributed by atoms with van der Waals surface area (Å²) < 4.78 is 0. The highest BCUT2D eigenvalue weighted by molar-refractivity contribution is 5.37. The molecule has 1 aliphatic carbocycles. The molecule has 1 aromatic rings. The Bertz CT molecular complexity index is 356. The molecular formula is C12H19N3. The third-order valence-electron chi connectivity index (χ3n) is 3.08. The first-order chi connectivity index (χ1) is 7.18. The van der Waals surface area contributed by atoms with Crippen LogP contribution in [-0.4, -0.2) is 17.0 Å². The summed E-state index contributed by atoms with van der Waals surface area (Å²) in [4.78, 5) is 9.20. The first-order valence-corrected chi connectivity index (χ1v) is 5.74. The Kier molecular flexibility index (Phi) is 2.63. The van der Waals surface area contributed by atoms with Crippen molar-refractivity contribution >= 4 is 5.82 Å². The van der Waals surface area contributed by atoms with Crippen molar-refractivity contribution < 1.29 is 0 Å². The van der Waals surface area contributed by atoms with Gasteiger partial charge >= 0.3 is 0 Å². The average Bonchev–Trinajstić information content (AvgIpc) is 2.98. The molecule has 1 heterocycles. The Hall–Kier alpha value is -1.12. The molecular weight excluding hydrogens is 186 g/mol. The van der Waals surface area contributed by atoms with Crippen LogP contribution >= 0.6 is 0 Å². The van der Waals surface area contributed by atoms with Crippen LogP contribution in [0.2, 0.25) is 0 Å². The minimum absolute atomic E-state index is 0.259. The molecule has 0 radical (unpaired) electrons. The van der Waals surface area contributed by atoms with E-state index >= 15 is 0 Å². The fraction of sp³-hybridized carbons (Fsp3) is 0.667. The van der Waals surface area contributed by atoms with E-state index in [1.54, 1.807) is 0 Å². The van der Waals surface area contributed by atoms with Gasteiger partial charge in [-0.05, 0) is 19.3 Å². The van der Waals surface area contributed by atoms with Gasteiger partial charge in [0.1, 0.15) is 11.6 Å². The second-order valence-electron chi connectivity index (χ2n) is 4.63. The highest BCUT2D eigenvalue weighted by atomic mass is 15.0. The first-order valence-electron chi connectivity index (χ1n) is 5.74. The van der Waals surface area contributed by atoms with Crippen LogP contribution in [-0.2, 0) is 11.8 Å². The van der Waals surface area contributed by atoms with E-state index in [0.29, 0.717) is 0 Å². The van der Waals surface area contributed by atoms with E-state index in [4.69, 9.17) is 0 Å². The molecule has 82 valence electrons. The number of rotatable bonds is 4. The number of nitrogens with zero attached hydrogens (tertiary/aromatic N) is 2. The molecule has 0 atom stereocenters. The minimum Gasteiger partial charge on any atom is -0.373 e. The van der Waals surface area contributed by atoms with Gasteiger partial charge in [0, 0.05) is 24.2 Å². The summed E-state index contributed by atoms with van der Waals surface area (Å²) in [5.74, 6) is 1.98. The first kappa shape index (κ1) is 10.4. The lowest BCUT2D eigenvalue weighted by molar-refractivity contribution is 0.694. The van der Waals surface area contributed by atoms with Gasteiger partial charge in [-0.15, -0.1) is 0 Å². The third kappa shape index (κ3) is 2.11. The monoisotopic (exact) mass is 205 g/mol. The number of nitrogens with one attached hydrogen (secondary N) is 1. The van der Waals surface area contributed by atoms with Crippen molar-refractivity contribution in [3.05, 3.63) is 17.6 Å². The molecule has 15 heavy (non-hydrogen) atoms. The van der Waals surface area contributed by atoms with Gasteiger partial charge in [0.15, 0.2) is 0 Å². The van der Waals surface area contributed by atoms with Crippen LogP contribution in [0, 0.1) is 0 Å². The van der Waals surface area contributed by atoms with Crippen LogP contribution in [0.1, 0.15) is 44.6 Å². The molecule has 1 aromatic heterocycles. The summed E-state index contributed by atoms with van der Waals surface area (Å²) in [6, 6.07) is 2.05. The highest BCUT2D eigenvalue weighted by Gasteiger charge is 2.42. The molecule has 0 bridgehead atoms. The van der Waals surface area contributed by atoms with Crippen molar-refractivity contribution in [1.29, 1.82) is 0 Å². The van der Waals surface area contributed by atoms with Gasteiger partial charge in [0.05, 0.1) is 0 Å². The van der Waals surface area contributed by atoms with Gasteiger partial charge in [-0.3, -0.25) is 0 Å². The smallest absolute Gasteiger partial charge is 0.136 e. The normalized spacial score (nSPS) is 17.5. The van der Waals surface area contributed by atoms with Crippen molar-refractivity contribution in [2.45, 2.75) is 44.9 Å². The van der Waals surface area contributed by atoms with Gasteiger partial charge in [-0.25, -0.2) is 9.97 Å². The Morgan fingerprint density at radius 1 is 1.40 bits per heavy atom. The molecule has 0 aliphatic heterocycles. The van der Waals surface area contributed by atoms with Crippen molar-refractivity contribution in [3.8, 4) is 0 Å². The fourth-order valence-electron chi connectivity index (χ4n) is 1.69. The topological polar surface area (TPSA) is 37.8 Å². The Morgan fingerprint density at radius 3 is 2.67 bits per heavy atom. The molecule has 0 spiro atoms. The quantitative estimate of drug-likeness (QED) is 0.820. The number of anilines is 1. The average molecular weight is 205 g/mol. The van der Waals surface area contributed by atoms with E-state index in [-0.39, 0.29) is 5.41 Å². The van der Waals surface area contributed by atoms with Gasteiger partial charge in [-0.1, -0.05) is 20.3 Å². The lowest BCUT2D eigenvalue weighted by atomic mass is 10.1. The lowest BCUT2D eigenvalue weighted by Gasteiger charge is -2.11. The molecule has 0 unspecified atom stereocenters. The summed E-state index contributed by atoms with van der Waals surface area (Å²) in [6.45, 7) is 4.43. The van der Waals surface area contributed by atoms with Crippen LogP contribution < -0.4 is 5.32 Å². The zero-order valence-corrected chi connectivity index (χ0v) is 9.80. The van der Waals surface area contributed by atoms with Crippen LogP contribution in [0.4, 0.5) is 5.82 Å². The van der Waals surface area contributed by atoms with E-state index in [0.717, 1.165) is 24.5 Å². The van der Waals surface area contributed by atoms with E-state index in [1.807, 2.05) is 7.05 Å². The summed E-state index contributed by atoms with van der Waals surface area (Å²) in [5.41, 5.74) is 1.43. The van der Waals surface area contributed by atoms with Crippen molar-refractivity contribution in [1.82, 2.24) is 9.97 Å². The predicted octanol–water partition coefficient (Wildman–Crippen LogP) is 2.52. The molecule has 1 aliphatic rings. The summed E-state index contributed by atoms with van der Waals surface area (Å²) in [6.07, 6.45) is 4.63. The zero-order chi connectivity index (χ0) is 10.9. The molecule has 2 rings (SSSR count). The van der Waals surface area contributed by atoms with Crippen LogP contribution in [0.5, 0.6) is 0 Å². The summed E-state index contributed by atoms with van der Waals surface area (Å²) >= 11 is 0. The van der Waals surface area contributed by atoms with Gasteiger partial charge in [0.25, 0.3) is 0 Å². The number of aromatic nitrogens is 2.